The Kier molecular flexibility index (Phi) is 7.85. The number of fused-ring (bicyclic) bond motifs is 1. The second-order valence-corrected chi connectivity index (χ2v) is 14.3. The zero-order valence-electron chi connectivity index (χ0n) is 24.9. The molecule has 0 radical (unpaired) electrons. The van der Waals surface area contributed by atoms with Gasteiger partial charge in [0, 0.05) is 18.4 Å². The number of hydrogen-bond donors (Lipinski definition) is 0. The number of rotatable bonds is 6. The van der Waals surface area contributed by atoms with Crippen molar-refractivity contribution in [1.29, 1.82) is 5.39 Å². The first kappa shape index (κ1) is 27.3. The summed E-state index contributed by atoms with van der Waals surface area (Å²) >= 11 is 0. The third-order valence-corrected chi connectivity index (χ3v) is 12.7. The largest absolute Gasteiger partial charge is 0.368 e. The maximum absolute atomic E-state index is 13.2. The van der Waals surface area contributed by atoms with Gasteiger partial charge in [-0.1, -0.05) is 135 Å². The highest BCUT2D eigenvalue weighted by Crippen LogP contribution is 2.59. The Morgan fingerprint density at radius 2 is 1.21 bits per heavy atom. The number of aromatic nitrogens is 3. The van der Waals surface area contributed by atoms with E-state index in [0.29, 0.717) is 29.0 Å². The summed E-state index contributed by atoms with van der Waals surface area (Å²) in [5.41, 5.74) is 1.83. The predicted octanol–water partition coefficient (Wildman–Crippen LogP) is 7.94. The van der Waals surface area contributed by atoms with Gasteiger partial charge in [-0.15, -0.1) is 23.3 Å². The van der Waals surface area contributed by atoms with Crippen LogP contribution in [-0.4, -0.2) is 33.3 Å². The lowest BCUT2D eigenvalue weighted by Crippen LogP contribution is -2.77. The Bertz CT molecular complexity index is 1040. The maximum Gasteiger partial charge on any atom is 0.335 e. The molecule has 1 aromatic rings. The van der Waals surface area contributed by atoms with Crippen molar-refractivity contribution >= 4 is 18.6 Å². The minimum Gasteiger partial charge on any atom is -0.368 e. The van der Waals surface area contributed by atoms with Gasteiger partial charge in [-0.3, -0.25) is 9.63 Å². The zero-order valence-corrected chi connectivity index (χ0v) is 24.9. The van der Waals surface area contributed by atoms with Crippen molar-refractivity contribution < 1.29 is 9.39 Å². The standard InChI is InChI=1S/C30H52B2N6O/c1-3-29-30(24(2)39)34-38-32(27-20-12-6-13-21-27,28-22-14-7-15-23-28)37(35-33)31(36(29)38,25-16-8-4-9-17-25)26-18-10-5-11-19-26/h25-28H,3-23H2,1-2H3. The van der Waals surface area contributed by atoms with Crippen molar-refractivity contribution in [3.63, 3.8) is 0 Å². The van der Waals surface area contributed by atoms with Crippen molar-refractivity contribution in [2.75, 3.05) is 0 Å². The normalized spacial score (nSPS) is 26.8. The van der Waals surface area contributed by atoms with Crippen LogP contribution in [0.4, 0.5) is 0 Å². The second-order valence-electron chi connectivity index (χ2n) is 14.3. The topological polar surface area (TPSA) is 70.2 Å². The summed E-state index contributed by atoms with van der Waals surface area (Å²) in [4.78, 5) is 15.7. The van der Waals surface area contributed by atoms with Crippen molar-refractivity contribution in [3.05, 3.63) is 16.5 Å². The van der Waals surface area contributed by atoms with E-state index in [1.54, 1.807) is 6.92 Å². The van der Waals surface area contributed by atoms with E-state index in [1.807, 2.05) is 0 Å². The van der Waals surface area contributed by atoms with E-state index >= 15 is 0 Å². The van der Waals surface area contributed by atoms with E-state index in [-0.39, 0.29) is 5.78 Å². The van der Waals surface area contributed by atoms with Crippen LogP contribution in [0.25, 0.3) is 5.08 Å². The lowest BCUT2D eigenvalue weighted by atomic mass is 9.18. The molecule has 6 rings (SSSR count). The Morgan fingerprint density at radius 3 is 1.56 bits per heavy atom. The number of carbonyl (C=O) groups excluding carboxylic acids is 1. The number of carbonyl (C=O) groups is 1. The molecular weight excluding hydrogens is 482 g/mol. The third kappa shape index (κ3) is 4.04. The summed E-state index contributed by atoms with van der Waals surface area (Å²) in [7, 11) is 0. The molecule has 214 valence electrons. The molecule has 0 aromatic carbocycles. The summed E-state index contributed by atoms with van der Waals surface area (Å²) in [6, 6.07) is 0. The van der Waals surface area contributed by atoms with Gasteiger partial charge in [0.05, 0.1) is 0 Å². The molecule has 0 spiro atoms. The summed E-state index contributed by atoms with van der Waals surface area (Å²) < 4.78 is 5.08. The van der Waals surface area contributed by atoms with E-state index in [9.17, 15) is 10.2 Å². The predicted molar refractivity (Wildman–Crippen MR) is 158 cm³/mol. The number of ketones is 1. The van der Waals surface area contributed by atoms with Gasteiger partial charge < -0.3 is 4.59 Å². The van der Waals surface area contributed by atoms with Crippen LogP contribution in [0.3, 0.4) is 0 Å². The number of Topliss-reactive ketones (excluding diaryl/α,β-unsaturated/α-hetero) is 1. The highest BCUT2D eigenvalue weighted by Gasteiger charge is 2.72. The van der Waals surface area contributed by atoms with E-state index in [1.165, 1.54) is 128 Å². The van der Waals surface area contributed by atoms with Crippen LogP contribution >= 0.6 is 0 Å². The molecule has 0 saturated heterocycles. The van der Waals surface area contributed by atoms with Crippen LogP contribution in [0.15, 0.2) is 0 Å². The van der Waals surface area contributed by atoms with Crippen LogP contribution in [0.1, 0.15) is 158 Å². The van der Waals surface area contributed by atoms with E-state index < -0.39 is 12.8 Å². The summed E-state index contributed by atoms with van der Waals surface area (Å²) in [5, 5.41) is 21.4. The molecule has 4 aliphatic carbocycles. The van der Waals surface area contributed by atoms with Gasteiger partial charge in [-0.2, -0.15) is 0 Å². The van der Waals surface area contributed by atoms with Crippen LogP contribution in [-0.2, 0) is 6.42 Å². The van der Waals surface area contributed by atoms with E-state index in [2.05, 4.69) is 26.1 Å². The van der Waals surface area contributed by atoms with Gasteiger partial charge in [-0.05, 0) is 0 Å². The van der Waals surface area contributed by atoms with Crippen LogP contribution in [0.5, 0.6) is 0 Å². The number of hydrogen-bond acceptors (Lipinski definition) is 4. The Labute approximate surface area is 236 Å². The quantitative estimate of drug-likeness (QED) is 0.211. The molecule has 0 atom stereocenters. The van der Waals surface area contributed by atoms with Crippen LogP contribution in [0.2, 0.25) is 23.3 Å². The lowest BCUT2D eigenvalue weighted by molar-refractivity contribution is -0.638. The number of diazo groups is 1. The third-order valence-electron chi connectivity index (χ3n) is 12.7. The monoisotopic (exact) mass is 534 g/mol. The zero-order chi connectivity index (χ0) is 27.0. The van der Waals surface area contributed by atoms with Gasteiger partial charge in [0.15, 0.2) is 0 Å². The van der Waals surface area contributed by atoms with Crippen molar-refractivity contribution in [2.24, 2.45) is 0 Å². The first-order valence-corrected chi connectivity index (χ1v) is 17.1. The van der Waals surface area contributed by atoms with Gasteiger partial charge in [0.25, 0.3) is 5.69 Å². The van der Waals surface area contributed by atoms with Crippen LogP contribution in [0, 0.1) is 5.39 Å². The molecule has 1 aromatic heterocycles. The molecule has 39 heavy (non-hydrogen) atoms. The first-order valence-electron chi connectivity index (χ1n) is 17.1. The summed E-state index contributed by atoms with van der Waals surface area (Å²) in [5.74, 6) is 2.00. The van der Waals surface area contributed by atoms with E-state index in [0.717, 1.165) is 12.1 Å². The molecule has 2 heterocycles. The highest BCUT2D eigenvalue weighted by atomic mass is 16.1. The number of nitrogens with zero attached hydrogens (tertiary/aromatic N) is 6. The summed E-state index contributed by atoms with van der Waals surface area (Å²) in [6.45, 7) is 3.94. The molecule has 1 aliphatic heterocycles. The molecule has 9 heteroatoms. The molecular formula is C30H52B2N6O. The highest BCUT2D eigenvalue weighted by molar-refractivity contribution is 6.93. The average Bonchev–Trinajstić information content (AvgIpc) is 3.51. The molecule has 0 bridgehead atoms. The van der Waals surface area contributed by atoms with Gasteiger partial charge >= 0.3 is 12.8 Å². The smallest absolute Gasteiger partial charge is 0.335 e. The van der Waals surface area contributed by atoms with E-state index in [4.69, 9.17) is 5.10 Å². The minimum absolute atomic E-state index is 0.0997. The fraction of sp³-hybridized carbons (Fsp3) is 0.900. The fourth-order valence-electron chi connectivity index (χ4n) is 11.4. The molecule has 7 nitrogen and oxygen atoms in total. The Hall–Kier alpha value is -1.84. The molecule has 0 N–H and O–H groups in total. The molecule has 0 amide bonds. The van der Waals surface area contributed by atoms with Gasteiger partial charge in [0.1, 0.15) is 5.69 Å². The fourth-order valence-corrected chi connectivity index (χ4v) is 11.4. The van der Waals surface area contributed by atoms with Gasteiger partial charge in [0.2, 0.25) is 16.3 Å². The average molecular weight is 534 g/mol. The molecule has 5 aliphatic rings. The first-order chi connectivity index (χ1) is 19.1. The Morgan fingerprint density at radius 1 is 0.795 bits per heavy atom. The molecule has 4 fully saturated rings. The van der Waals surface area contributed by atoms with Crippen molar-refractivity contribution in [1.82, 2.24) is 14.6 Å². The lowest BCUT2D eigenvalue weighted by Gasteiger charge is -2.55. The minimum atomic E-state index is -1.47. The van der Waals surface area contributed by atoms with Gasteiger partial charge in [-0.25, -0.2) is 4.71 Å². The van der Waals surface area contributed by atoms with Crippen LogP contribution < -0.4 is 4.59 Å². The molecule has 4 saturated carbocycles. The van der Waals surface area contributed by atoms with Crippen molar-refractivity contribution in [3.8, 4) is 0 Å². The second kappa shape index (κ2) is 11.2. The maximum atomic E-state index is 13.2. The van der Waals surface area contributed by atoms with Crippen molar-refractivity contribution in [2.45, 2.75) is 172 Å². The molecule has 0 unspecified atom stereocenters. The SMILES string of the molecule is CCc1c(C(C)=O)nn2[n+]1[B-](C1CCCCC1)(C1CCCCC1)N([N+]#N)[B-]2(C1CCCCC1)C1CCCCC1. The summed E-state index contributed by atoms with van der Waals surface area (Å²) in [6.07, 6.45) is 22.9. The Balaban J connectivity index is 1.69.